The molecule has 1 N–H and O–H groups in total. The van der Waals surface area contributed by atoms with Gasteiger partial charge in [0.1, 0.15) is 0 Å². The number of hydrogen-bond acceptors (Lipinski definition) is 3. The Morgan fingerprint density at radius 1 is 1.21 bits per heavy atom. The van der Waals surface area contributed by atoms with Gasteiger partial charge in [-0.05, 0) is 70.0 Å². The highest BCUT2D eigenvalue weighted by Gasteiger charge is 2.32. The topological polar surface area (TPSA) is 44.7 Å². The fourth-order valence-corrected chi connectivity index (χ4v) is 4.18. The Morgan fingerprint density at radius 3 is 2.61 bits per heavy atom. The molecule has 0 saturated heterocycles. The Balaban J connectivity index is 1.82. The second-order valence-electron chi connectivity index (χ2n) is 7.90. The van der Waals surface area contributed by atoms with E-state index in [-0.39, 0.29) is 11.4 Å². The van der Waals surface area contributed by atoms with Crippen LogP contribution in [0.4, 0.5) is 5.69 Å². The van der Waals surface area contributed by atoms with Gasteiger partial charge in [-0.15, -0.1) is 0 Å². The van der Waals surface area contributed by atoms with E-state index in [2.05, 4.69) is 68.3 Å². The third-order valence-corrected chi connectivity index (χ3v) is 5.24. The van der Waals surface area contributed by atoms with Crippen molar-refractivity contribution in [3.05, 3.63) is 70.3 Å². The zero-order valence-electron chi connectivity index (χ0n) is 17.0. The van der Waals surface area contributed by atoms with Crippen LogP contribution >= 0.6 is 11.6 Å². The quantitative estimate of drug-likeness (QED) is 0.547. The van der Waals surface area contributed by atoms with Crippen LogP contribution in [0.1, 0.15) is 56.1 Å². The lowest BCUT2D eigenvalue weighted by Crippen LogP contribution is -2.49. The van der Waals surface area contributed by atoms with Crippen LogP contribution in [0.3, 0.4) is 0 Å². The number of hydrogen-bond donors (Lipinski definition) is 1. The maximum Gasteiger partial charge on any atom is 0.272 e. The third kappa shape index (κ3) is 3.97. The van der Waals surface area contributed by atoms with Gasteiger partial charge in [-0.1, -0.05) is 35.9 Å². The van der Waals surface area contributed by atoms with Gasteiger partial charge in [-0.25, -0.2) is 5.43 Å². The van der Waals surface area contributed by atoms with Crippen molar-refractivity contribution < 1.29 is 4.79 Å². The van der Waals surface area contributed by atoms with E-state index in [1.807, 2.05) is 6.07 Å². The van der Waals surface area contributed by atoms with E-state index in [1.165, 1.54) is 16.8 Å². The highest BCUT2D eigenvalue weighted by Crippen LogP contribution is 2.40. The molecule has 1 aliphatic rings. The molecule has 1 amide bonds. The molecule has 0 spiro atoms. The summed E-state index contributed by atoms with van der Waals surface area (Å²) in [6, 6.07) is 13.5. The molecule has 4 nitrogen and oxygen atoms in total. The Hall–Kier alpha value is -2.59. The number of anilines is 1. The minimum Gasteiger partial charge on any atom is -0.360 e. The number of benzene rings is 2. The van der Waals surface area contributed by atoms with Crippen LogP contribution in [0.2, 0.25) is 5.02 Å². The number of allylic oxidation sites excluding steroid dienone is 1. The van der Waals surface area contributed by atoms with Gasteiger partial charge in [-0.3, -0.25) is 4.79 Å². The van der Waals surface area contributed by atoms with Crippen molar-refractivity contribution in [1.82, 2.24) is 5.43 Å². The molecule has 0 radical (unpaired) electrons. The van der Waals surface area contributed by atoms with Crippen molar-refractivity contribution in [2.24, 2.45) is 5.10 Å². The molecular weight excluding hydrogens is 370 g/mol. The van der Waals surface area contributed by atoms with E-state index in [4.69, 9.17) is 11.6 Å². The van der Waals surface area contributed by atoms with Crippen LogP contribution in [-0.2, 0) is 0 Å². The van der Waals surface area contributed by atoms with Crippen molar-refractivity contribution in [1.29, 1.82) is 0 Å². The molecular formula is C23H26ClN3O. The molecule has 0 saturated carbocycles. The van der Waals surface area contributed by atoms with Crippen molar-refractivity contribution in [3.63, 3.8) is 0 Å². The summed E-state index contributed by atoms with van der Waals surface area (Å²) in [4.78, 5) is 14.6. The maximum atomic E-state index is 12.2. The molecule has 2 aromatic rings. The number of halogens is 1. The van der Waals surface area contributed by atoms with Crippen LogP contribution < -0.4 is 10.3 Å². The zero-order valence-corrected chi connectivity index (χ0v) is 17.7. The third-order valence-electron chi connectivity index (χ3n) is 4.91. The van der Waals surface area contributed by atoms with E-state index in [0.29, 0.717) is 16.6 Å². The molecule has 0 bridgehead atoms. The second kappa shape index (κ2) is 7.80. The number of hydrazone groups is 1. The SMILES string of the molecule is CC1=CC(C)(C)N(C(C)C)c2ccc(/C=N/NC(=O)c3ccccc3Cl)cc21. The number of nitrogens with zero attached hydrogens (tertiary/aromatic N) is 2. The average Bonchev–Trinajstić information content (AvgIpc) is 2.61. The van der Waals surface area contributed by atoms with E-state index in [1.54, 1.807) is 30.5 Å². The van der Waals surface area contributed by atoms with Gasteiger partial charge in [0, 0.05) is 17.3 Å². The Kier molecular flexibility index (Phi) is 5.61. The molecule has 0 aromatic heterocycles. The lowest BCUT2D eigenvalue weighted by molar-refractivity contribution is 0.0955. The first-order chi connectivity index (χ1) is 13.2. The van der Waals surface area contributed by atoms with Crippen LogP contribution in [0.25, 0.3) is 5.57 Å². The van der Waals surface area contributed by atoms with Gasteiger partial charge in [0.25, 0.3) is 5.91 Å². The number of carbonyl (C=O) groups excluding carboxylic acids is 1. The van der Waals surface area contributed by atoms with Crippen molar-refractivity contribution in [2.75, 3.05) is 4.90 Å². The van der Waals surface area contributed by atoms with Gasteiger partial charge >= 0.3 is 0 Å². The normalized spacial score (nSPS) is 15.5. The Labute approximate surface area is 171 Å². The maximum absolute atomic E-state index is 12.2. The first-order valence-electron chi connectivity index (χ1n) is 9.42. The highest BCUT2D eigenvalue weighted by molar-refractivity contribution is 6.33. The van der Waals surface area contributed by atoms with E-state index in [0.717, 1.165) is 5.56 Å². The first-order valence-corrected chi connectivity index (χ1v) is 9.79. The van der Waals surface area contributed by atoms with Crippen molar-refractivity contribution in [2.45, 2.75) is 46.2 Å². The molecule has 0 unspecified atom stereocenters. The van der Waals surface area contributed by atoms with Crippen molar-refractivity contribution in [3.8, 4) is 0 Å². The van der Waals surface area contributed by atoms with Crippen LogP contribution in [0, 0.1) is 0 Å². The summed E-state index contributed by atoms with van der Waals surface area (Å²) in [5.41, 5.74) is 7.48. The minimum absolute atomic E-state index is 0.0379. The standard InChI is InChI=1S/C23H26ClN3O/c1-15(2)27-21-11-10-17(12-19(21)16(3)13-23(27,4)5)14-25-26-22(28)18-8-6-7-9-20(18)24/h6-15H,1-5H3,(H,26,28)/b25-14+. The molecule has 0 aliphatic carbocycles. The van der Waals surface area contributed by atoms with Crippen LogP contribution in [-0.4, -0.2) is 23.7 Å². The number of rotatable bonds is 4. The van der Waals surface area contributed by atoms with Gasteiger partial charge in [0.05, 0.1) is 22.3 Å². The van der Waals surface area contributed by atoms with Gasteiger partial charge in [0.2, 0.25) is 0 Å². The Morgan fingerprint density at radius 2 is 1.93 bits per heavy atom. The van der Waals surface area contributed by atoms with Gasteiger partial charge in [0.15, 0.2) is 0 Å². The number of fused-ring (bicyclic) bond motifs is 1. The van der Waals surface area contributed by atoms with E-state index in [9.17, 15) is 4.79 Å². The smallest absolute Gasteiger partial charge is 0.272 e. The van der Waals surface area contributed by atoms with Crippen LogP contribution in [0.15, 0.2) is 53.6 Å². The molecule has 2 aromatic carbocycles. The van der Waals surface area contributed by atoms with Gasteiger partial charge < -0.3 is 4.90 Å². The summed E-state index contributed by atoms with van der Waals surface area (Å²) in [6.07, 6.45) is 3.96. The summed E-state index contributed by atoms with van der Waals surface area (Å²) in [5, 5.41) is 4.50. The van der Waals surface area contributed by atoms with Crippen LogP contribution in [0.5, 0.6) is 0 Å². The molecule has 3 rings (SSSR count). The summed E-state index contributed by atoms with van der Waals surface area (Å²) >= 11 is 6.05. The number of amides is 1. The lowest BCUT2D eigenvalue weighted by atomic mass is 9.87. The average molecular weight is 396 g/mol. The largest absolute Gasteiger partial charge is 0.360 e. The molecule has 1 aliphatic heterocycles. The lowest BCUT2D eigenvalue weighted by Gasteiger charge is -2.46. The molecule has 0 atom stereocenters. The monoisotopic (exact) mass is 395 g/mol. The van der Waals surface area contributed by atoms with E-state index >= 15 is 0 Å². The minimum atomic E-state index is -0.330. The number of nitrogens with one attached hydrogen (secondary N) is 1. The zero-order chi connectivity index (χ0) is 20.5. The highest BCUT2D eigenvalue weighted by atomic mass is 35.5. The van der Waals surface area contributed by atoms with Gasteiger partial charge in [-0.2, -0.15) is 5.10 Å². The fourth-order valence-electron chi connectivity index (χ4n) is 3.96. The Bertz CT molecular complexity index is 960. The summed E-state index contributed by atoms with van der Waals surface area (Å²) in [5.74, 6) is -0.330. The molecule has 0 fully saturated rings. The van der Waals surface area contributed by atoms with Crippen molar-refractivity contribution >= 4 is 35.0 Å². The second-order valence-corrected chi connectivity index (χ2v) is 8.31. The summed E-state index contributed by atoms with van der Waals surface area (Å²) in [6.45, 7) is 11.0. The molecule has 1 heterocycles. The summed E-state index contributed by atoms with van der Waals surface area (Å²) in [7, 11) is 0. The molecule has 5 heteroatoms. The molecule has 146 valence electrons. The summed E-state index contributed by atoms with van der Waals surface area (Å²) < 4.78 is 0. The predicted octanol–water partition coefficient (Wildman–Crippen LogP) is 5.51. The molecule has 28 heavy (non-hydrogen) atoms. The predicted molar refractivity (Wildman–Crippen MR) is 118 cm³/mol. The first kappa shape index (κ1) is 20.2. The van der Waals surface area contributed by atoms with E-state index < -0.39 is 0 Å². The fraction of sp³-hybridized carbons (Fsp3) is 0.304. The number of carbonyl (C=O) groups is 1.